The number of aromatic amines is 2. The molecule has 0 amide bonds. The van der Waals surface area contributed by atoms with Crippen molar-refractivity contribution in [2.24, 2.45) is 7.05 Å². The molecule has 2 heterocycles. The van der Waals surface area contributed by atoms with Gasteiger partial charge in [0, 0.05) is 12.6 Å². The van der Waals surface area contributed by atoms with Crippen LogP contribution in [-0.4, -0.2) is 24.6 Å². The van der Waals surface area contributed by atoms with E-state index in [1.807, 2.05) is 12.1 Å². The van der Waals surface area contributed by atoms with Crippen LogP contribution in [0.2, 0.25) is 0 Å². The summed E-state index contributed by atoms with van der Waals surface area (Å²) in [5.74, 6) is 0.945. The predicted molar refractivity (Wildman–Crippen MR) is 80.3 cm³/mol. The van der Waals surface area contributed by atoms with E-state index in [0.717, 1.165) is 33.5 Å². The number of aromatic nitrogens is 4. The number of aromatic hydroxyl groups is 1. The van der Waals surface area contributed by atoms with Crippen molar-refractivity contribution in [1.29, 1.82) is 0 Å². The van der Waals surface area contributed by atoms with E-state index >= 15 is 0 Å². The molecule has 21 heavy (non-hydrogen) atoms. The summed E-state index contributed by atoms with van der Waals surface area (Å²) in [5.41, 5.74) is 3.98. The molecule has 2 aromatic heterocycles. The van der Waals surface area contributed by atoms with Gasteiger partial charge in [0.05, 0.1) is 22.1 Å². The molecule has 6 heteroatoms. The minimum Gasteiger partial charge on any atom is -0.508 e. The van der Waals surface area contributed by atoms with E-state index in [9.17, 15) is 9.90 Å². The smallest absolute Gasteiger partial charge is 0.326 e. The van der Waals surface area contributed by atoms with Crippen LogP contribution in [0.4, 0.5) is 0 Å². The minimum absolute atomic E-state index is 0.142. The molecule has 104 valence electrons. The van der Waals surface area contributed by atoms with E-state index in [4.69, 9.17) is 0 Å². The van der Waals surface area contributed by atoms with Gasteiger partial charge in [-0.3, -0.25) is 4.57 Å². The van der Waals surface area contributed by atoms with Gasteiger partial charge in [-0.1, -0.05) is 0 Å². The molecule has 0 aliphatic carbocycles. The lowest BCUT2D eigenvalue weighted by Gasteiger charge is -1.95. The number of rotatable bonds is 1. The molecule has 0 saturated carbocycles. The zero-order chi connectivity index (χ0) is 14.6. The molecule has 4 aromatic rings. The number of phenols is 1. The van der Waals surface area contributed by atoms with Gasteiger partial charge in [-0.05, 0) is 36.4 Å². The third-order valence-electron chi connectivity index (χ3n) is 3.65. The normalized spacial score (nSPS) is 11.5. The Morgan fingerprint density at radius 2 is 1.86 bits per heavy atom. The Balaban J connectivity index is 1.95. The maximum absolute atomic E-state index is 11.6. The quantitative estimate of drug-likeness (QED) is 0.499. The van der Waals surface area contributed by atoms with Crippen LogP contribution in [0.5, 0.6) is 5.75 Å². The fourth-order valence-electron chi connectivity index (χ4n) is 2.49. The van der Waals surface area contributed by atoms with Crippen molar-refractivity contribution >= 4 is 22.1 Å². The third-order valence-corrected chi connectivity index (χ3v) is 3.65. The van der Waals surface area contributed by atoms with Gasteiger partial charge in [0.25, 0.3) is 0 Å². The van der Waals surface area contributed by atoms with Gasteiger partial charge in [-0.15, -0.1) is 0 Å². The number of benzene rings is 2. The standard InChI is InChI=1S/C15H12N4O2/c1-19-13-7-11-10(6-12(13)18-15(19)21)16-14(17-11)8-2-4-9(20)5-3-8/h2-7,20H,1H3,(H,16,17)(H,18,21). The van der Waals surface area contributed by atoms with Crippen molar-refractivity contribution in [1.82, 2.24) is 19.5 Å². The first-order chi connectivity index (χ1) is 10.1. The van der Waals surface area contributed by atoms with Crippen LogP contribution in [0.15, 0.2) is 41.2 Å². The van der Waals surface area contributed by atoms with Gasteiger partial charge in [0.1, 0.15) is 11.6 Å². The van der Waals surface area contributed by atoms with Gasteiger partial charge >= 0.3 is 5.69 Å². The van der Waals surface area contributed by atoms with Crippen LogP contribution in [0.25, 0.3) is 33.5 Å². The maximum Gasteiger partial charge on any atom is 0.326 e. The van der Waals surface area contributed by atoms with E-state index in [1.165, 1.54) is 0 Å². The van der Waals surface area contributed by atoms with Gasteiger partial charge < -0.3 is 15.1 Å². The van der Waals surface area contributed by atoms with Crippen LogP contribution in [0.3, 0.4) is 0 Å². The number of imidazole rings is 2. The van der Waals surface area contributed by atoms with Crippen LogP contribution in [-0.2, 0) is 7.05 Å². The second-order valence-electron chi connectivity index (χ2n) is 5.01. The highest BCUT2D eigenvalue weighted by molar-refractivity contribution is 5.92. The maximum atomic E-state index is 11.6. The first-order valence-electron chi connectivity index (χ1n) is 6.50. The number of nitrogens with one attached hydrogen (secondary N) is 2. The van der Waals surface area contributed by atoms with Crippen molar-refractivity contribution in [2.75, 3.05) is 0 Å². The zero-order valence-corrected chi connectivity index (χ0v) is 11.2. The average molecular weight is 280 g/mol. The summed E-state index contributed by atoms with van der Waals surface area (Å²) in [4.78, 5) is 22.2. The van der Waals surface area contributed by atoms with Crippen LogP contribution in [0, 0.1) is 0 Å². The molecule has 2 aromatic carbocycles. The summed E-state index contributed by atoms with van der Waals surface area (Å²) in [5, 5.41) is 9.33. The third kappa shape index (κ3) is 1.73. The number of nitrogens with zero attached hydrogens (tertiary/aromatic N) is 2. The van der Waals surface area contributed by atoms with Crippen molar-refractivity contribution < 1.29 is 5.11 Å². The first kappa shape index (κ1) is 11.8. The van der Waals surface area contributed by atoms with E-state index < -0.39 is 0 Å². The van der Waals surface area contributed by atoms with E-state index in [2.05, 4.69) is 15.0 Å². The van der Waals surface area contributed by atoms with Gasteiger partial charge in [-0.25, -0.2) is 9.78 Å². The molecule has 0 aliphatic rings. The fraction of sp³-hybridized carbons (Fsp3) is 0.0667. The Kier molecular flexibility index (Phi) is 2.24. The lowest BCUT2D eigenvalue weighted by atomic mass is 10.2. The molecule has 0 unspecified atom stereocenters. The molecule has 0 radical (unpaired) electrons. The molecule has 4 rings (SSSR count). The molecule has 0 fully saturated rings. The molecule has 0 aliphatic heterocycles. The van der Waals surface area contributed by atoms with Crippen molar-refractivity contribution in [3.63, 3.8) is 0 Å². The van der Waals surface area contributed by atoms with Gasteiger partial charge in [0.15, 0.2) is 0 Å². The highest BCUT2D eigenvalue weighted by Gasteiger charge is 2.09. The number of aryl methyl sites for hydroxylation is 1. The summed E-state index contributed by atoms with van der Waals surface area (Å²) in [7, 11) is 1.72. The van der Waals surface area contributed by atoms with Gasteiger partial charge in [0.2, 0.25) is 0 Å². The zero-order valence-electron chi connectivity index (χ0n) is 11.2. The van der Waals surface area contributed by atoms with Gasteiger partial charge in [-0.2, -0.15) is 0 Å². The highest BCUT2D eigenvalue weighted by Crippen LogP contribution is 2.24. The second kappa shape index (κ2) is 3.99. The van der Waals surface area contributed by atoms with E-state index in [1.54, 1.807) is 35.9 Å². The van der Waals surface area contributed by atoms with E-state index in [0.29, 0.717) is 0 Å². The summed E-state index contributed by atoms with van der Waals surface area (Å²) in [6, 6.07) is 10.6. The lowest BCUT2D eigenvalue weighted by Crippen LogP contribution is -2.11. The molecule has 3 N–H and O–H groups in total. The molecule has 6 nitrogen and oxygen atoms in total. The van der Waals surface area contributed by atoms with Crippen LogP contribution >= 0.6 is 0 Å². The lowest BCUT2D eigenvalue weighted by molar-refractivity contribution is 0.475. The Labute approximate surface area is 118 Å². The number of fused-ring (bicyclic) bond motifs is 2. The molecule has 0 saturated heterocycles. The van der Waals surface area contributed by atoms with Crippen LogP contribution in [0.1, 0.15) is 0 Å². The minimum atomic E-state index is -0.142. The Hall–Kier alpha value is -3.02. The van der Waals surface area contributed by atoms with Crippen LogP contribution < -0.4 is 5.69 Å². The Bertz CT molecular complexity index is 1020. The van der Waals surface area contributed by atoms with Crippen molar-refractivity contribution in [2.45, 2.75) is 0 Å². The number of hydrogen-bond acceptors (Lipinski definition) is 3. The fourth-order valence-corrected chi connectivity index (χ4v) is 2.49. The highest BCUT2D eigenvalue weighted by atomic mass is 16.3. The number of phenolic OH excluding ortho intramolecular Hbond substituents is 1. The molecule has 0 spiro atoms. The predicted octanol–water partition coefficient (Wildman–Crippen LogP) is 2.12. The molecular formula is C15H12N4O2. The summed E-state index contributed by atoms with van der Waals surface area (Å²) in [6.07, 6.45) is 0. The Morgan fingerprint density at radius 1 is 1.10 bits per heavy atom. The number of H-pyrrole nitrogens is 2. The molecular weight excluding hydrogens is 268 g/mol. The SMILES string of the molecule is Cn1c(=O)[nH]c2cc3[nH]c(-c4ccc(O)cc4)nc3cc21. The summed E-state index contributed by atoms with van der Waals surface area (Å²) < 4.78 is 1.56. The van der Waals surface area contributed by atoms with E-state index in [-0.39, 0.29) is 11.4 Å². The Morgan fingerprint density at radius 3 is 2.62 bits per heavy atom. The molecule has 0 atom stereocenters. The topological polar surface area (TPSA) is 86.7 Å². The monoisotopic (exact) mass is 280 g/mol. The first-order valence-corrected chi connectivity index (χ1v) is 6.50. The largest absolute Gasteiger partial charge is 0.508 e. The van der Waals surface area contributed by atoms with Crippen molar-refractivity contribution in [3.8, 4) is 17.1 Å². The molecule has 0 bridgehead atoms. The summed E-state index contributed by atoms with van der Waals surface area (Å²) in [6.45, 7) is 0. The average Bonchev–Trinajstić information content (AvgIpc) is 2.99. The second-order valence-corrected chi connectivity index (χ2v) is 5.01. The van der Waals surface area contributed by atoms with Crippen molar-refractivity contribution in [3.05, 3.63) is 46.9 Å². The number of hydrogen-bond donors (Lipinski definition) is 3. The summed E-state index contributed by atoms with van der Waals surface area (Å²) >= 11 is 0.